The van der Waals surface area contributed by atoms with Crippen molar-refractivity contribution in [2.24, 2.45) is 0 Å². The van der Waals surface area contributed by atoms with Crippen molar-refractivity contribution in [3.8, 4) is 11.8 Å². The fraction of sp³-hybridized carbons (Fsp3) is 0.125. The van der Waals surface area contributed by atoms with Crippen LogP contribution in [-0.2, 0) is 0 Å². The van der Waals surface area contributed by atoms with Gasteiger partial charge in [0.15, 0.2) is 0 Å². The van der Waals surface area contributed by atoms with Crippen molar-refractivity contribution in [2.75, 3.05) is 7.11 Å². The highest BCUT2D eigenvalue weighted by Crippen LogP contribution is 2.10. The Kier molecular flexibility index (Phi) is 2.46. The quantitative estimate of drug-likeness (QED) is 0.583. The second-order valence-corrected chi connectivity index (χ2v) is 2.69. The zero-order valence-electron chi connectivity index (χ0n) is 6.16. The van der Waals surface area contributed by atoms with Crippen LogP contribution in [0.3, 0.4) is 0 Å². The van der Waals surface area contributed by atoms with Gasteiger partial charge in [0.1, 0.15) is 5.75 Å². The molecule has 0 radical (unpaired) electrons. The Labute approximate surface area is 68.0 Å². The lowest BCUT2D eigenvalue weighted by molar-refractivity contribution is 0.415. The van der Waals surface area contributed by atoms with Crippen LogP contribution in [0.4, 0.5) is 0 Å². The van der Waals surface area contributed by atoms with Crippen LogP contribution in [0.1, 0.15) is 5.56 Å². The molecule has 3 heteroatoms. The van der Waals surface area contributed by atoms with E-state index in [0.29, 0.717) is 5.56 Å². The fourth-order valence-corrected chi connectivity index (χ4v) is 1.09. The molecule has 11 heavy (non-hydrogen) atoms. The van der Waals surface area contributed by atoms with Crippen molar-refractivity contribution >= 4 is 14.5 Å². The first-order valence-electron chi connectivity index (χ1n) is 3.11. The molecule has 1 unspecified atom stereocenters. The van der Waals surface area contributed by atoms with Crippen LogP contribution < -0.4 is 10.0 Å². The SMILES string of the molecule is COc1ccc(C#N)c(P)c1. The summed E-state index contributed by atoms with van der Waals surface area (Å²) in [6.45, 7) is 0. The lowest BCUT2D eigenvalue weighted by Crippen LogP contribution is -1.97. The van der Waals surface area contributed by atoms with Crippen molar-refractivity contribution in [2.45, 2.75) is 0 Å². The smallest absolute Gasteiger partial charge is 0.119 e. The number of rotatable bonds is 1. The van der Waals surface area contributed by atoms with E-state index in [0.717, 1.165) is 11.1 Å². The Morgan fingerprint density at radius 2 is 2.27 bits per heavy atom. The van der Waals surface area contributed by atoms with Crippen molar-refractivity contribution in [1.82, 2.24) is 0 Å². The van der Waals surface area contributed by atoms with Gasteiger partial charge in [0, 0.05) is 0 Å². The number of nitriles is 1. The van der Waals surface area contributed by atoms with Gasteiger partial charge in [-0.25, -0.2) is 0 Å². The van der Waals surface area contributed by atoms with E-state index in [9.17, 15) is 0 Å². The minimum Gasteiger partial charge on any atom is -0.497 e. The van der Waals surface area contributed by atoms with E-state index in [1.54, 1.807) is 19.2 Å². The predicted octanol–water partition coefficient (Wildman–Crippen LogP) is 1.07. The zero-order valence-corrected chi connectivity index (χ0v) is 7.32. The highest BCUT2D eigenvalue weighted by Gasteiger charge is 1.97. The first-order chi connectivity index (χ1) is 5.27. The third kappa shape index (κ3) is 1.69. The minimum atomic E-state index is 0.663. The Morgan fingerprint density at radius 1 is 1.55 bits per heavy atom. The summed E-state index contributed by atoms with van der Waals surface area (Å²) in [4.78, 5) is 0. The van der Waals surface area contributed by atoms with Gasteiger partial charge in [0.05, 0.1) is 18.7 Å². The van der Waals surface area contributed by atoms with E-state index < -0.39 is 0 Å². The van der Waals surface area contributed by atoms with Crippen LogP contribution in [0.5, 0.6) is 5.75 Å². The molecule has 56 valence electrons. The van der Waals surface area contributed by atoms with Gasteiger partial charge < -0.3 is 4.74 Å². The molecule has 0 aliphatic rings. The third-order valence-electron chi connectivity index (χ3n) is 1.38. The van der Waals surface area contributed by atoms with Crippen LogP contribution in [0.2, 0.25) is 0 Å². The van der Waals surface area contributed by atoms with Crippen molar-refractivity contribution in [3.63, 3.8) is 0 Å². The molecule has 0 fully saturated rings. The maximum absolute atomic E-state index is 8.58. The Hall–Kier alpha value is -1.06. The summed E-state index contributed by atoms with van der Waals surface area (Å²) in [5.74, 6) is 0.772. The summed E-state index contributed by atoms with van der Waals surface area (Å²) in [6, 6.07) is 7.39. The minimum absolute atomic E-state index is 0.663. The summed E-state index contributed by atoms with van der Waals surface area (Å²) >= 11 is 0. The molecule has 0 heterocycles. The van der Waals surface area contributed by atoms with Gasteiger partial charge in [-0.1, -0.05) is 0 Å². The van der Waals surface area contributed by atoms with Crippen LogP contribution in [0.25, 0.3) is 0 Å². The summed E-state index contributed by atoms with van der Waals surface area (Å²) in [5.41, 5.74) is 0.663. The van der Waals surface area contributed by atoms with E-state index in [4.69, 9.17) is 10.00 Å². The van der Waals surface area contributed by atoms with E-state index >= 15 is 0 Å². The molecule has 0 aromatic heterocycles. The monoisotopic (exact) mass is 165 g/mol. The molecule has 0 aliphatic heterocycles. The van der Waals surface area contributed by atoms with Gasteiger partial charge in [-0.15, -0.1) is 9.24 Å². The second-order valence-electron chi connectivity index (χ2n) is 2.06. The second kappa shape index (κ2) is 3.37. The number of nitrogens with zero attached hydrogens (tertiary/aromatic N) is 1. The van der Waals surface area contributed by atoms with Crippen LogP contribution in [-0.4, -0.2) is 7.11 Å². The first kappa shape index (κ1) is 8.04. The molecule has 0 saturated carbocycles. The van der Waals surface area contributed by atoms with Crippen LogP contribution in [0, 0.1) is 11.3 Å². The fourth-order valence-electron chi connectivity index (χ4n) is 0.770. The Bertz CT molecular complexity index is 303. The highest BCUT2D eigenvalue weighted by molar-refractivity contribution is 7.27. The van der Waals surface area contributed by atoms with Gasteiger partial charge in [-0.05, 0) is 23.5 Å². The molecule has 0 aliphatic carbocycles. The van der Waals surface area contributed by atoms with Crippen molar-refractivity contribution in [1.29, 1.82) is 5.26 Å². The molecule has 2 nitrogen and oxygen atoms in total. The van der Waals surface area contributed by atoms with Gasteiger partial charge in [-0.2, -0.15) is 5.26 Å². The standard InChI is InChI=1S/C8H8NOP/c1-10-7-3-2-6(5-9)8(11)4-7/h2-4H,11H2,1H3. The molecule has 1 aromatic carbocycles. The lowest BCUT2D eigenvalue weighted by atomic mass is 10.2. The molecular weight excluding hydrogens is 157 g/mol. The number of benzene rings is 1. The van der Waals surface area contributed by atoms with Crippen LogP contribution in [0.15, 0.2) is 18.2 Å². The van der Waals surface area contributed by atoms with Gasteiger partial charge in [0.25, 0.3) is 0 Å². The van der Waals surface area contributed by atoms with Crippen molar-refractivity contribution in [3.05, 3.63) is 23.8 Å². The largest absolute Gasteiger partial charge is 0.497 e. The molecule has 1 rings (SSSR count). The van der Waals surface area contributed by atoms with E-state index in [1.165, 1.54) is 0 Å². The third-order valence-corrected chi connectivity index (χ3v) is 1.86. The zero-order chi connectivity index (χ0) is 8.27. The normalized spacial score (nSPS) is 8.82. The molecular formula is C8H8NOP. The van der Waals surface area contributed by atoms with Gasteiger partial charge in [-0.3, -0.25) is 0 Å². The highest BCUT2D eigenvalue weighted by atomic mass is 31.0. The number of methoxy groups -OCH3 is 1. The molecule has 0 N–H and O–H groups in total. The number of hydrogen-bond donors (Lipinski definition) is 0. The maximum atomic E-state index is 8.58. The number of hydrogen-bond acceptors (Lipinski definition) is 2. The van der Waals surface area contributed by atoms with E-state index in [-0.39, 0.29) is 0 Å². The molecule has 0 bridgehead atoms. The van der Waals surface area contributed by atoms with Gasteiger partial charge >= 0.3 is 0 Å². The summed E-state index contributed by atoms with van der Waals surface area (Å²) in [7, 11) is 4.10. The molecule has 1 atom stereocenters. The molecule has 0 saturated heterocycles. The molecule has 1 aromatic rings. The Balaban J connectivity index is 3.12. The van der Waals surface area contributed by atoms with Crippen LogP contribution >= 0.6 is 9.24 Å². The summed E-state index contributed by atoms with van der Waals surface area (Å²) in [5, 5.41) is 9.45. The predicted molar refractivity (Wildman–Crippen MR) is 47.1 cm³/mol. The van der Waals surface area contributed by atoms with Crippen molar-refractivity contribution < 1.29 is 4.74 Å². The van der Waals surface area contributed by atoms with E-state index in [1.807, 2.05) is 6.07 Å². The first-order valence-corrected chi connectivity index (χ1v) is 3.69. The average Bonchev–Trinajstić information content (AvgIpc) is 2.04. The molecule has 0 spiro atoms. The van der Waals surface area contributed by atoms with E-state index in [2.05, 4.69) is 15.3 Å². The average molecular weight is 165 g/mol. The number of ether oxygens (including phenoxy) is 1. The van der Waals surface area contributed by atoms with Gasteiger partial charge in [0.2, 0.25) is 0 Å². The maximum Gasteiger partial charge on any atom is 0.119 e. The molecule has 0 amide bonds. The lowest BCUT2D eigenvalue weighted by Gasteiger charge is -2.00. The summed E-state index contributed by atoms with van der Waals surface area (Å²) < 4.78 is 4.97. The summed E-state index contributed by atoms with van der Waals surface area (Å²) in [6.07, 6.45) is 0. The topological polar surface area (TPSA) is 33.0 Å². The Morgan fingerprint density at radius 3 is 2.73 bits per heavy atom.